The van der Waals surface area contributed by atoms with Crippen molar-refractivity contribution in [3.8, 4) is 0 Å². The number of nitrogens with one attached hydrogen (secondary N) is 1. The van der Waals surface area contributed by atoms with E-state index in [9.17, 15) is 9.90 Å². The van der Waals surface area contributed by atoms with E-state index < -0.39 is 12.0 Å². The van der Waals surface area contributed by atoms with Crippen molar-refractivity contribution in [1.29, 1.82) is 0 Å². The van der Waals surface area contributed by atoms with Gasteiger partial charge in [-0.25, -0.2) is 0 Å². The fourth-order valence-electron chi connectivity index (χ4n) is 2.47. The minimum Gasteiger partial charge on any atom is -0.480 e. The van der Waals surface area contributed by atoms with Gasteiger partial charge in [-0.15, -0.1) is 0 Å². The molecule has 1 rings (SSSR count). The van der Waals surface area contributed by atoms with Gasteiger partial charge in [-0.2, -0.15) is 0 Å². The van der Waals surface area contributed by atoms with E-state index in [4.69, 9.17) is 0 Å². The van der Waals surface area contributed by atoms with E-state index in [0.717, 1.165) is 11.1 Å². The highest BCUT2D eigenvalue weighted by Crippen LogP contribution is 2.28. The van der Waals surface area contributed by atoms with Crippen LogP contribution in [0.15, 0.2) is 12.1 Å². The number of hydrogen-bond acceptors (Lipinski definition) is 3. The fraction of sp³-hybridized carbons (Fsp3) is 0.533. The van der Waals surface area contributed by atoms with Gasteiger partial charge in [-0.3, -0.25) is 4.79 Å². The number of carboxylic acids is 1. The quantitative estimate of drug-likeness (QED) is 0.852. The molecule has 0 radical (unpaired) electrons. The number of nitrogens with zero attached hydrogens (tertiary/aromatic N) is 1. The first-order valence-corrected chi connectivity index (χ1v) is 6.43. The van der Waals surface area contributed by atoms with Crippen molar-refractivity contribution in [1.82, 2.24) is 10.2 Å². The fourth-order valence-corrected chi connectivity index (χ4v) is 2.47. The van der Waals surface area contributed by atoms with Crippen LogP contribution >= 0.6 is 0 Å². The first-order valence-electron chi connectivity index (χ1n) is 6.43. The van der Waals surface area contributed by atoms with E-state index in [1.54, 1.807) is 7.05 Å². The van der Waals surface area contributed by atoms with Crippen molar-refractivity contribution >= 4 is 5.97 Å². The molecule has 2 unspecified atom stereocenters. The number of carboxylic acid groups (broad SMARTS) is 1. The smallest absolute Gasteiger partial charge is 0.322 e. The van der Waals surface area contributed by atoms with Crippen molar-refractivity contribution in [2.24, 2.45) is 0 Å². The van der Waals surface area contributed by atoms with E-state index in [-0.39, 0.29) is 6.04 Å². The van der Waals surface area contributed by atoms with Crippen LogP contribution in [0.1, 0.15) is 28.3 Å². The van der Waals surface area contributed by atoms with Crippen LogP contribution in [0.4, 0.5) is 0 Å². The standard InChI is InChI=1S/C15H24N2O2/c1-9-7-11(3)12(8-10(9)2)14(17(5)6)13(16-4)15(18)19/h7-8,13-14,16H,1-6H3,(H,18,19). The van der Waals surface area contributed by atoms with Gasteiger partial charge in [0, 0.05) is 0 Å². The van der Waals surface area contributed by atoms with E-state index in [1.165, 1.54) is 11.1 Å². The summed E-state index contributed by atoms with van der Waals surface area (Å²) in [4.78, 5) is 13.4. The molecule has 0 saturated carbocycles. The van der Waals surface area contributed by atoms with Gasteiger partial charge in [0.1, 0.15) is 6.04 Å². The third kappa shape index (κ3) is 3.33. The Kier molecular flexibility index (Phi) is 5.09. The number of benzene rings is 1. The zero-order chi connectivity index (χ0) is 14.7. The molecular weight excluding hydrogens is 240 g/mol. The summed E-state index contributed by atoms with van der Waals surface area (Å²) in [5, 5.41) is 12.3. The zero-order valence-electron chi connectivity index (χ0n) is 12.6. The number of carbonyl (C=O) groups is 1. The largest absolute Gasteiger partial charge is 0.480 e. The van der Waals surface area contributed by atoms with E-state index in [0.29, 0.717) is 0 Å². The topological polar surface area (TPSA) is 52.6 Å². The third-order valence-corrected chi connectivity index (χ3v) is 3.65. The normalized spacial score (nSPS) is 14.5. The summed E-state index contributed by atoms with van der Waals surface area (Å²) >= 11 is 0. The molecule has 1 aromatic rings. The lowest BCUT2D eigenvalue weighted by atomic mass is 9.91. The molecule has 0 saturated heterocycles. The third-order valence-electron chi connectivity index (χ3n) is 3.65. The number of likely N-dealkylation sites (N-methyl/N-ethyl adjacent to an activating group) is 2. The SMILES string of the molecule is CNC(C(=O)O)C(c1cc(C)c(C)cc1C)N(C)C. The molecule has 0 bridgehead atoms. The molecule has 0 amide bonds. The summed E-state index contributed by atoms with van der Waals surface area (Å²) in [5.41, 5.74) is 4.61. The Balaban J connectivity index is 3.34. The van der Waals surface area contributed by atoms with Crippen LogP contribution in [0.2, 0.25) is 0 Å². The van der Waals surface area contributed by atoms with Crippen molar-refractivity contribution in [2.75, 3.05) is 21.1 Å². The van der Waals surface area contributed by atoms with Crippen LogP contribution in [-0.2, 0) is 4.79 Å². The summed E-state index contributed by atoms with van der Waals surface area (Å²) in [6.45, 7) is 6.16. The van der Waals surface area contributed by atoms with Gasteiger partial charge in [-0.05, 0) is 64.2 Å². The Labute approximate surface area is 115 Å². The summed E-state index contributed by atoms with van der Waals surface area (Å²) in [7, 11) is 5.50. The minimum absolute atomic E-state index is 0.193. The summed E-state index contributed by atoms with van der Waals surface area (Å²) in [6.07, 6.45) is 0. The van der Waals surface area contributed by atoms with Crippen LogP contribution in [0, 0.1) is 20.8 Å². The molecule has 0 aliphatic rings. The second-order valence-electron chi connectivity index (χ2n) is 5.31. The minimum atomic E-state index is -0.834. The monoisotopic (exact) mass is 264 g/mol. The molecule has 0 aliphatic carbocycles. The Hall–Kier alpha value is -1.39. The molecule has 4 heteroatoms. The van der Waals surface area contributed by atoms with Crippen LogP contribution in [0.3, 0.4) is 0 Å². The predicted octanol–water partition coefficient (Wildman–Crippen LogP) is 1.89. The molecule has 0 spiro atoms. The van der Waals surface area contributed by atoms with E-state index in [2.05, 4.69) is 31.3 Å². The molecule has 2 atom stereocenters. The van der Waals surface area contributed by atoms with Crippen LogP contribution in [0.25, 0.3) is 0 Å². The molecule has 0 aliphatic heterocycles. The van der Waals surface area contributed by atoms with Crippen molar-refractivity contribution in [2.45, 2.75) is 32.9 Å². The predicted molar refractivity (Wildman–Crippen MR) is 77.6 cm³/mol. The number of aliphatic carboxylic acids is 1. The molecule has 0 heterocycles. The highest BCUT2D eigenvalue weighted by Gasteiger charge is 2.30. The van der Waals surface area contributed by atoms with Gasteiger partial charge >= 0.3 is 5.97 Å². The molecule has 4 nitrogen and oxygen atoms in total. The van der Waals surface area contributed by atoms with Gasteiger partial charge in [0.25, 0.3) is 0 Å². The first kappa shape index (κ1) is 15.7. The maximum atomic E-state index is 11.4. The molecule has 0 aromatic heterocycles. The van der Waals surface area contributed by atoms with E-state index in [1.807, 2.05) is 25.9 Å². The Bertz CT molecular complexity index is 469. The summed E-state index contributed by atoms with van der Waals surface area (Å²) < 4.78 is 0. The molecular formula is C15H24N2O2. The highest BCUT2D eigenvalue weighted by molar-refractivity contribution is 5.75. The van der Waals surface area contributed by atoms with Gasteiger partial charge < -0.3 is 15.3 Å². The Morgan fingerprint density at radius 3 is 2.11 bits per heavy atom. The lowest BCUT2D eigenvalue weighted by Gasteiger charge is -2.31. The molecule has 0 fully saturated rings. The molecule has 1 aromatic carbocycles. The summed E-state index contributed by atoms with van der Waals surface area (Å²) in [5.74, 6) is -0.834. The highest BCUT2D eigenvalue weighted by atomic mass is 16.4. The lowest BCUT2D eigenvalue weighted by molar-refractivity contribution is -0.141. The van der Waals surface area contributed by atoms with Crippen LogP contribution in [0.5, 0.6) is 0 Å². The van der Waals surface area contributed by atoms with Gasteiger partial charge in [0.15, 0.2) is 0 Å². The van der Waals surface area contributed by atoms with Crippen LogP contribution < -0.4 is 5.32 Å². The van der Waals surface area contributed by atoms with Crippen molar-refractivity contribution in [3.63, 3.8) is 0 Å². The maximum Gasteiger partial charge on any atom is 0.322 e. The average molecular weight is 264 g/mol. The number of aryl methyl sites for hydroxylation is 3. The zero-order valence-corrected chi connectivity index (χ0v) is 12.6. The molecule has 19 heavy (non-hydrogen) atoms. The van der Waals surface area contributed by atoms with Gasteiger partial charge in [0.2, 0.25) is 0 Å². The van der Waals surface area contributed by atoms with Gasteiger partial charge in [0.05, 0.1) is 6.04 Å². The number of hydrogen-bond donors (Lipinski definition) is 2. The number of rotatable bonds is 5. The van der Waals surface area contributed by atoms with Crippen LogP contribution in [-0.4, -0.2) is 43.2 Å². The lowest BCUT2D eigenvalue weighted by Crippen LogP contribution is -2.45. The van der Waals surface area contributed by atoms with Crippen molar-refractivity contribution in [3.05, 3.63) is 34.4 Å². The second-order valence-corrected chi connectivity index (χ2v) is 5.31. The van der Waals surface area contributed by atoms with Crippen molar-refractivity contribution < 1.29 is 9.90 Å². The Morgan fingerprint density at radius 1 is 1.16 bits per heavy atom. The van der Waals surface area contributed by atoms with E-state index >= 15 is 0 Å². The average Bonchev–Trinajstić information content (AvgIpc) is 2.30. The molecule has 106 valence electrons. The maximum absolute atomic E-state index is 11.4. The van der Waals surface area contributed by atoms with Gasteiger partial charge in [-0.1, -0.05) is 12.1 Å². The second kappa shape index (κ2) is 6.17. The first-order chi connectivity index (χ1) is 8.79. The summed E-state index contributed by atoms with van der Waals surface area (Å²) in [6, 6.07) is 3.40. The Morgan fingerprint density at radius 2 is 1.68 bits per heavy atom. The molecule has 2 N–H and O–H groups in total.